The lowest BCUT2D eigenvalue weighted by molar-refractivity contribution is -0.129. The predicted octanol–water partition coefficient (Wildman–Crippen LogP) is 4.47. The Labute approximate surface area is 199 Å². The molecule has 1 unspecified atom stereocenters. The minimum Gasteiger partial charge on any atom is -0.503 e. The summed E-state index contributed by atoms with van der Waals surface area (Å²) >= 11 is 1.29. The lowest BCUT2D eigenvalue weighted by atomic mass is 9.95. The molecule has 2 heterocycles. The Balaban J connectivity index is 2.04. The first-order valence-electron chi connectivity index (χ1n) is 11.3. The SMILES string of the molecule is CCCCOc1ccc(C2C(C(=O)c3cccs3)=C(O)C(=O)N2CCN(C)C)cc1OCC. The number of thiophene rings is 1. The molecule has 0 aliphatic carbocycles. The number of ketones is 1. The van der Waals surface area contributed by atoms with Crippen molar-refractivity contribution in [2.24, 2.45) is 0 Å². The third kappa shape index (κ3) is 5.57. The van der Waals surface area contributed by atoms with Gasteiger partial charge in [-0.05, 0) is 56.6 Å². The number of amides is 1. The van der Waals surface area contributed by atoms with Crippen LogP contribution in [-0.4, -0.2) is 67.0 Å². The predicted molar refractivity (Wildman–Crippen MR) is 129 cm³/mol. The van der Waals surface area contributed by atoms with Gasteiger partial charge in [-0.2, -0.15) is 0 Å². The number of carbonyl (C=O) groups excluding carboxylic acids is 2. The summed E-state index contributed by atoms with van der Waals surface area (Å²) in [5, 5.41) is 12.6. The van der Waals surface area contributed by atoms with Crippen LogP contribution < -0.4 is 9.47 Å². The second-order valence-electron chi connectivity index (χ2n) is 8.11. The Morgan fingerprint density at radius 3 is 2.61 bits per heavy atom. The summed E-state index contributed by atoms with van der Waals surface area (Å²) in [5.74, 6) is -0.186. The molecule has 0 fully saturated rings. The van der Waals surface area contributed by atoms with Crippen molar-refractivity contribution < 1.29 is 24.2 Å². The van der Waals surface area contributed by atoms with E-state index < -0.39 is 17.7 Å². The quantitative estimate of drug-likeness (QED) is 0.363. The van der Waals surface area contributed by atoms with Crippen LogP contribution in [0.2, 0.25) is 0 Å². The third-order valence-electron chi connectivity index (χ3n) is 5.42. The zero-order chi connectivity index (χ0) is 24.0. The zero-order valence-corrected chi connectivity index (χ0v) is 20.5. The van der Waals surface area contributed by atoms with E-state index in [0.717, 1.165) is 12.8 Å². The Bertz CT molecular complexity index is 1000. The summed E-state index contributed by atoms with van der Waals surface area (Å²) in [6.45, 7) is 5.97. The molecule has 33 heavy (non-hydrogen) atoms. The van der Waals surface area contributed by atoms with Gasteiger partial charge in [0.25, 0.3) is 5.91 Å². The number of Topliss-reactive ketones (excluding diaryl/α,β-unsaturated/α-hetero) is 1. The van der Waals surface area contributed by atoms with Crippen LogP contribution in [0, 0.1) is 0 Å². The molecule has 2 aromatic rings. The van der Waals surface area contributed by atoms with Gasteiger partial charge in [0.1, 0.15) is 0 Å². The Morgan fingerprint density at radius 1 is 1.18 bits per heavy atom. The molecule has 1 atom stereocenters. The second kappa shape index (κ2) is 11.3. The highest BCUT2D eigenvalue weighted by Crippen LogP contribution is 2.42. The number of aliphatic hydroxyl groups excluding tert-OH is 1. The smallest absolute Gasteiger partial charge is 0.290 e. The maximum atomic E-state index is 13.3. The van der Waals surface area contributed by atoms with E-state index in [2.05, 4.69) is 6.92 Å². The van der Waals surface area contributed by atoms with Crippen molar-refractivity contribution >= 4 is 23.0 Å². The molecule has 8 heteroatoms. The number of unbranched alkanes of at least 4 members (excludes halogenated alkanes) is 1. The van der Waals surface area contributed by atoms with Crippen molar-refractivity contribution in [2.45, 2.75) is 32.7 Å². The molecule has 0 radical (unpaired) electrons. The Hall–Kier alpha value is -2.84. The van der Waals surface area contributed by atoms with Crippen LogP contribution in [0.25, 0.3) is 0 Å². The number of benzene rings is 1. The molecule has 1 aromatic heterocycles. The fourth-order valence-corrected chi connectivity index (χ4v) is 4.40. The minimum atomic E-state index is -0.712. The summed E-state index contributed by atoms with van der Waals surface area (Å²) in [6.07, 6.45) is 1.95. The molecule has 1 aromatic carbocycles. The normalized spacial score (nSPS) is 16.1. The van der Waals surface area contributed by atoms with Crippen LogP contribution >= 0.6 is 11.3 Å². The molecule has 1 aliphatic rings. The van der Waals surface area contributed by atoms with Gasteiger partial charge in [0.15, 0.2) is 17.3 Å². The average molecular weight is 473 g/mol. The van der Waals surface area contributed by atoms with Gasteiger partial charge in [-0.3, -0.25) is 9.59 Å². The van der Waals surface area contributed by atoms with Crippen LogP contribution in [0.5, 0.6) is 11.5 Å². The zero-order valence-electron chi connectivity index (χ0n) is 19.7. The highest BCUT2D eigenvalue weighted by Gasteiger charge is 2.44. The van der Waals surface area contributed by atoms with Crippen LogP contribution in [-0.2, 0) is 4.79 Å². The lowest BCUT2D eigenvalue weighted by Gasteiger charge is -2.28. The van der Waals surface area contributed by atoms with Crippen molar-refractivity contribution in [2.75, 3.05) is 40.4 Å². The number of rotatable bonds is 12. The maximum absolute atomic E-state index is 13.3. The molecule has 178 valence electrons. The van der Waals surface area contributed by atoms with Gasteiger partial charge in [-0.1, -0.05) is 25.5 Å². The van der Waals surface area contributed by atoms with E-state index in [1.165, 1.54) is 11.3 Å². The number of hydrogen-bond acceptors (Lipinski definition) is 7. The number of likely N-dealkylation sites (N-methyl/N-ethyl adjacent to an activating group) is 1. The molecule has 0 saturated carbocycles. The van der Waals surface area contributed by atoms with Crippen LogP contribution in [0.15, 0.2) is 47.0 Å². The summed E-state index contributed by atoms with van der Waals surface area (Å²) in [6, 6.07) is 8.23. The summed E-state index contributed by atoms with van der Waals surface area (Å²) in [5.41, 5.74) is 0.792. The van der Waals surface area contributed by atoms with Crippen LogP contribution in [0.4, 0.5) is 0 Å². The highest BCUT2D eigenvalue weighted by molar-refractivity contribution is 7.12. The molecule has 0 saturated heterocycles. The molecular formula is C25H32N2O5S. The molecule has 3 rings (SSSR count). The molecule has 1 aliphatic heterocycles. The van der Waals surface area contributed by atoms with Gasteiger partial charge in [0.2, 0.25) is 5.78 Å². The monoisotopic (exact) mass is 472 g/mol. The summed E-state index contributed by atoms with van der Waals surface area (Å²) in [7, 11) is 3.83. The van der Waals surface area contributed by atoms with Crippen molar-refractivity contribution in [3.05, 3.63) is 57.5 Å². The van der Waals surface area contributed by atoms with E-state index in [1.807, 2.05) is 44.1 Å². The minimum absolute atomic E-state index is 0.100. The van der Waals surface area contributed by atoms with Crippen LogP contribution in [0.3, 0.4) is 0 Å². The molecule has 7 nitrogen and oxygen atoms in total. The second-order valence-corrected chi connectivity index (χ2v) is 9.06. The van der Waals surface area contributed by atoms with Gasteiger partial charge in [-0.25, -0.2) is 0 Å². The molecule has 0 spiro atoms. The van der Waals surface area contributed by atoms with Gasteiger partial charge >= 0.3 is 0 Å². The average Bonchev–Trinajstić information content (AvgIpc) is 3.41. The Kier molecular flexibility index (Phi) is 8.52. The van der Waals surface area contributed by atoms with Gasteiger partial charge in [-0.15, -0.1) is 11.3 Å². The number of nitrogens with zero attached hydrogens (tertiary/aromatic N) is 2. The van der Waals surface area contributed by atoms with E-state index in [9.17, 15) is 14.7 Å². The van der Waals surface area contributed by atoms with Gasteiger partial charge in [0, 0.05) is 13.1 Å². The topological polar surface area (TPSA) is 79.3 Å². The standard InChI is InChI=1S/C25H32N2O5S/c1-5-7-14-32-18-11-10-17(16-19(18)31-6-2)22-21(23(28)20-9-8-15-33-20)24(29)25(30)27(22)13-12-26(3)4/h8-11,15-16,22,29H,5-7,12-14H2,1-4H3. The van der Waals surface area contributed by atoms with Crippen LogP contribution in [0.1, 0.15) is 48.0 Å². The van der Waals surface area contributed by atoms with Gasteiger partial charge in [0.05, 0.1) is 29.7 Å². The first-order chi connectivity index (χ1) is 15.9. The third-order valence-corrected chi connectivity index (χ3v) is 6.29. The molecule has 0 bridgehead atoms. The van der Waals surface area contributed by atoms with E-state index in [0.29, 0.717) is 48.2 Å². The van der Waals surface area contributed by atoms with Gasteiger partial charge < -0.3 is 24.4 Å². The largest absolute Gasteiger partial charge is 0.503 e. The maximum Gasteiger partial charge on any atom is 0.290 e. The molecule has 1 amide bonds. The first-order valence-corrected chi connectivity index (χ1v) is 12.1. The molecule has 1 N–H and O–H groups in total. The summed E-state index contributed by atoms with van der Waals surface area (Å²) < 4.78 is 11.7. The number of ether oxygens (including phenoxy) is 2. The fraction of sp³-hybridized carbons (Fsp3) is 0.440. The van der Waals surface area contributed by atoms with Crippen molar-refractivity contribution in [3.8, 4) is 11.5 Å². The van der Waals surface area contributed by atoms with Crippen molar-refractivity contribution in [3.63, 3.8) is 0 Å². The number of hydrogen-bond donors (Lipinski definition) is 1. The van der Waals surface area contributed by atoms with E-state index >= 15 is 0 Å². The van der Waals surface area contributed by atoms with Crippen molar-refractivity contribution in [1.82, 2.24) is 9.80 Å². The van der Waals surface area contributed by atoms with E-state index in [4.69, 9.17) is 9.47 Å². The highest BCUT2D eigenvalue weighted by atomic mass is 32.1. The number of aliphatic hydroxyl groups is 1. The van der Waals surface area contributed by atoms with Crippen molar-refractivity contribution in [1.29, 1.82) is 0 Å². The summed E-state index contributed by atoms with van der Waals surface area (Å²) in [4.78, 5) is 30.4. The Morgan fingerprint density at radius 2 is 1.97 bits per heavy atom. The lowest BCUT2D eigenvalue weighted by Crippen LogP contribution is -2.36. The first kappa shape index (κ1) is 24.8. The molecular weight excluding hydrogens is 440 g/mol. The number of carbonyl (C=O) groups is 2. The van der Waals surface area contributed by atoms with E-state index in [1.54, 1.807) is 22.4 Å². The fourth-order valence-electron chi connectivity index (χ4n) is 3.72. The van der Waals surface area contributed by atoms with E-state index in [-0.39, 0.29) is 11.4 Å².